The number of nitrogens with zero attached hydrogens (tertiary/aromatic N) is 1. The molecular formula is C15H16N2O. The van der Waals surface area contributed by atoms with E-state index in [-0.39, 0.29) is 5.78 Å². The maximum atomic E-state index is 12.0. The zero-order chi connectivity index (χ0) is 12.5. The second-order valence-corrected chi connectivity index (χ2v) is 4.94. The number of hydrogen-bond acceptors (Lipinski definition) is 3. The molecule has 1 aromatic carbocycles. The molecule has 3 rings (SSSR count). The Morgan fingerprint density at radius 1 is 1.33 bits per heavy atom. The normalized spacial score (nSPS) is 14.9. The summed E-state index contributed by atoms with van der Waals surface area (Å²) in [4.78, 5) is 16.4. The molecule has 1 heterocycles. The summed E-state index contributed by atoms with van der Waals surface area (Å²) in [6, 6.07) is 10.3. The van der Waals surface area contributed by atoms with Gasteiger partial charge in [-0.1, -0.05) is 6.07 Å². The third-order valence-corrected chi connectivity index (χ3v) is 3.28. The molecular weight excluding hydrogens is 224 g/mol. The molecule has 18 heavy (non-hydrogen) atoms. The van der Waals surface area contributed by atoms with E-state index in [1.807, 2.05) is 37.3 Å². The second kappa shape index (κ2) is 4.50. The molecule has 2 aromatic rings. The number of rotatable bonds is 4. The highest BCUT2D eigenvalue weighted by Gasteiger charge is 2.21. The molecule has 1 fully saturated rings. The largest absolute Gasteiger partial charge is 0.307 e. The second-order valence-electron chi connectivity index (χ2n) is 4.94. The fourth-order valence-electron chi connectivity index (χ4n) is 2.03. The van der Waals surface area contributed by atoms with Gasteiger partial charge in [0.2, 0.25) is 0 Å². The smallest absolute Gasteiger partial charge is 0.176 e. The Kier molecular flexibility index (Phi) is 2.84. The van der Waals surface area contributed by atoms with E-state index in [2.05, 4.69) is 10.3 Å². The van der Waals surface area contributed by atoms with Crippen LogP contribution in [-0.4, -0.2) is 23.4 Å². The molecule has 0 radical (unpaired) electrons. The summed E-state index contributed by atoms with van der Waals surface area (Å²) in [7, 11) is 0. The molecule has 0 atom stereocenters. The minimum absolute atomic E-state index is 0.157. The molecule has 3 nitrogen and oxygen atoms in total. The summed E-state index contributed by atoms with van der Waals surface area (Å²) in [5.41, 5.74) is 2.71. The van der Waals surface area contributed by atoms with Gasteiger partial charge in [0.25, 0.3) is 0 Å². The van der Waals surface area contributed by atoms with Crippen LogP contribution in [0.4, 0.5) is 0 Å². The van der Waals surface area contributed by atoms with Gasteiger partial charge in [-0.05, 0) is 44.0 Å². The van der Waals surface area contributed by atoms with E-state index in [9.17, 15) is 4.79 Å². The lowest BCUT2D eigenvalue weighted by Crippen LogP contribution is -2.24. The maximum Gasteiger partial charge on any atom is 0.176 e. The summed E-state index contributed by atoms with van der Waals surface area (Å²) in [6.07, 6.45) is 2.41. The Bertz CT molecular complexity index is 602. The van der Waals surface area contributed by atoms with Crippen molar-refractivity contribution in [1.82, 2.24) is 10.3 Å². The van der Waals surface area contributed by atoms with Gasteiger partial charge in [0.1, 0.15) is 0 Å². The van der Waals surface area contributed by atoms with Gasteiger partial charge in [0.15, 0.2) is 5.78 Å². The monoisotopic (exact) mass is 240 g/mol. The lowest BCUT2D eigenvalue weighted by molar-refractivity contribution is 0.0990. The Labute approximate surface area is 106 Å². The number of hydrogen-bond donors (Lipinski definition) is 1. The molecule has 1 aliphatic carbocycles. The molecule has 92 valence electrons. The van der Waals surface area contributed by atoms with Crippen molar-refractivity contribution in [3.05, 3.63) is 41.6 Å². The highest BCUT2D eigenvalue weighted by Crippen LogP contribution is 2.19. The first kappa shape index (κ1) is 11.4. The van der Waals surface area contributed by atoms with Crippen LogP contribution in [0.3, 0.4) is 0 Å². The van der Waals surface area contributed by atoms with Crippen molar-refractivity contribution in [1.29, 1.82) is 0 Å². The number of carbonyl (C=O) groups is 1. The fourth-order valence-corrected chi connectivity index (χ4v) is 2.03. The Hall–Kier alpha value is -1.74. The first-order valence-electron chi connectivity index (χ1n) is 6.36. The molecule has 1 saturated carbocycles. The lowest BCUT2D eigenvalue weighted by Gasteiger charge is -2.04. The third-order valence-electron chi connectivity index (χ3n) is 3.28. The Morgan fingerprint density at radius 2 is 2.17 bits per heavy atom. The van der Waals surface area contributed by atoms with Crippen molar-refractivity contribution in [3.8, 4) is 0 Å². The van der Waals surface area contributed by atoms with Gasteiger partial charge in [-0.2, -0.15) is 0 Å². The van der Waals surface area contributed by atoms with Crippen molar-refractivity contribution in [2.45, 2.75) is 25.8 Å². The summed E-state index contributed by atoms with van der Waals surface area (Å²) in [5.74, 6) is 0.157. The summed E-state index contributed by atoms with van der Waals surface area (Å²) in [6.45, 7) is 2.41. The number of pyridine rings is 1. The molecule has 0 aliphatic heterocycles. The quantitative estimate of drug-likeness (QED) is 0.835. The third kappa shape index (κ3) is 2.41. The molecule has 0 amide bonds. The van der Waals surface area contributed by atoms with Crippen LogP contribution in [0, 0.1) is 6.92 Å². The number of carbonyl (C=O) groups excluding carboxylic acids is 1. The number of Topliss-reactive ketones (excluding diaryl/α,β-unsaturated/α-hetero) is 1. The zero-order valence-electron chi connectivity index (χ0n) is 10.4. The van der Waals surface area contributed by atoms with E-state index in [0.29, 0.717) is 12.6 Å². The number of benzene rings is 1. The van der Waals surface area contributed by atoms with E-state index >= 15 is 0 Å². The van der Waals surface area contributed by atoms with Crippen LogP contribution in [0.5, 0.6) is 0 Å². The van der Waals surface area contributed by atoms with Gasteiger partial charge in [-0.15, -0.1) is 0 Å². The maximum absolute atomic E-state index is 12.0. The van der Waals surface area contributed by atoms with Gasteiger partial charge in [0.05, 0.1) is 12.1 Å². The number of aryl methyl sites for hydroxylation is 1. The molecule has 1 aromatic heterocycles. The van der Waals surface area contributed by atoms with Crippen molar-refractivity contribution in [2.24, 2.45) is 0 Å². The van der Waals surface area contributed by atoms with Crippen LogP contribution in [-0.2, 0) is 0 Å². The standard InChI is InChI=1S/C15H16N2O/c1-10-2-3-11-8-12(4-7-14(11)17-10)15(18)9-16-13-5-6-13/h2-4,7-8,13,16H,5-6,9H2,1H3. The van der Waals surface area contributed by atoms with Crippen LogP contribution in [0.15, 0.2) is 30.3 Å². The highest BCUT2D eigenvalue weighted by atomic mass is 16.1. The van der Waals surface area contributed by atoms with E-state index in [1.165, 1.54) is 12.8 Å². The number of nitrogens with one attached hydrogen (secondary N) is 1. The van der Waals surface area contributed by atoms with Gasteiger partial charge in [0, 0.05) is 22.7 Å². The van der Waals surface area contributed by atoms with Crippen LogP contribution in [0.2, 0.25) is 0 Å². The Morgan fingerprint density at radius 3 is 2.94 bits per heavy atom. The number of aromatic nitrogens is 1. The number of ketones is 1. The summed E-state index contributed by atoms with van der Waals surface area (Å²) < 4.78 is 0. The van der Waals surface area contributed by atoms with Crippen molar-refractivity contribution < 1.29 is 4.79 Å². The topological polar surface area (TPSA) is 42.0 Å². The summed E-state index contributed by atoms with van der Waals surface area (Å²) >= 11 is 0. The predicted octanol–water partition coefficient (Wildman–Crippen LogP) is 2.48. The van der Waals surface area contributed by atoms with Crippen molar-refractivity contribution in [2.75, 3.05) is 6.54 Å². The van der Waals surface area contributed by atoms with Crippen LogP contribution < -0.4 is 5.32 Å². The van der Waals surface area contributed by atoms with E-state index < -0.39 is 0 Å². The minimum atomic E-state index is 0.157. The van der Waals surface area contributed by atoms with Crippen LogP contribution in [0.1, 0.15) is 28.9 Å². The molecule has 0 spiro atoms. The van der Waals surface area contributed by atoms with Gasteiger partial charge >= 0.3 is 0 Å². The van der Waals surface area contributed by atoms with Crippen molar-refractivity contribution >= 4 is 16.7 Å². The molecule has 1 aliphatic rings. The summed E-state index contributed by atoms with van der Waals surface area (Å²) in [5, 5.41) is 4.27. The van der Waals surface area contributed by atoms with Gasteiger partial charge < -0.3 is 5.32 Å². The Balaban J connectivity index is 1.82. The predicted molar refractivity (Wildman–Crippen MR) is 71.8 cm³/mol. The minimum Gasteiger partial charge on any atom is -0.307 e. The van der Waals surface area contributed by atoms with Gasteiger partial charge in [-0.3, -0.25) is 9.78 Å². The van der Waals surface area contributed by atoms with Crippen molar-refractivity contribution in [3.63, 3.8) is 0 Å². The first-order chi connectivity index (χ1) is 8.72. The average molecular weight is 240 g/mol. The molecule has 3 heteroatoms. The van der Waals surface area contributed by atoms with Crippen LogP contribution in [0.25, 0.3) is 10.9 Å². The molecule has 0 saturated heterocycles. The fraction of sp³-hybridized carbons (Fsp3) is 0.333. The average Bonchev–Trinajstić information content (AvgIpc) is 3.19. The molecule has 1 N–H and O–H groups in total. The van der Waals surface area contributed by atoms with E-state index in [0.717, 1.165) is 22.2 Å². The van der Waals surface area contributed by atoms with E-state index in [1.54, 1.807) is 0 Å². The first-order valence-corrected chi connectivity index (χ1v) is 6.36. The van der Waals surface area contributed by atoms with E-state index in [4.69, 9.17) is 0 Å². The highest BCUT2D eigenvalue weighted by molar-refractivity contribution is 6.00. The SMILES string of the molecule is Cc1ccc2cc(C(=O)CNC3CC3)ccc2n1. The molecule has 0 unspecified atom stereocenters. The zero-order valence-corrected chi connectivity index (χ0v) is 10.4. The van der Waals surface area contributed by atoms with Crippen LogP contribution >= 0.6 is 0 Å². The molecule has 0 bridgehead atoms. The number of fused-ring (bicyclic) bond motifs is 1. The van der Waals surface area contributed by atoms with Gasteiger partial charge in [-0.25, -0.2) is 0 Å². The lowest BCUT2D eigenvalue weighted by atomic mass is 10.1.